The first kappa shape index (κ1) is 13.1. The van der Waals surface area contributed by atoms with Gasteiger partial charge in [-0.25, -0.2) is 13.6 Å². The standard InChI is InChI=1S/C11H16N2O4S/c12-9-1-2-10(11(5-9)18(13,14)15)17-7-8-3-4-16-6-8/h1-2,5,8H,3-4,6-7,12H2,(H2,13,14,15). The zero-order valence-electron chi connectivity index (χ0n) is 9.83. The van der Waals surface area contributed by atoms with Gasteiger partial charge in [0.2, 0.25) is 10.0 Å². The summed E-state index contributed by atoms with van der Waals surface area (Å²) in [5, 5.41) is 5.12. The van der Waals surface area contributed by atoms with E-state index in [1.165, 1.54) is 12.1 Å². The van der Waals surface area contributed by atoms with Crippen LogP contribution in [0.3, 0.4) is 0 Å². The molecule has 1 aromatic carbocycles. The number of hydrogen-bond donors (Lipinski definition) is 2. The fourth-order valence-corrected chi connectivity index (χ4v) is 2.50. The maximum atomic E-state index is 11.4. The van der Waals surface area contributed by atoms with Crippen molar-refractivity contribution in [2.75, 3.05) is 25.6 Å². The van der Waals surface area contributed by atoms with Gasteiger partial charge in [0, 0.05) is 18.2 Å². The third-order valence-corrected chi connectivity index (χ3v) is 3.70. The lowest BCUT2D eigenvalue weighted by atomic mass is 10.1. The molecule has 2 rings (SSSR count). The molecule has 7 heteroatoms. The molecule has 0 aromatic heterocycles. The summed E-state index contributed by atoms with van der Waals surface area (Å²) in [6, 6.07) is 4.40. The van der Waals surface area contributed by atoms with E-state index in [-0.39, 0.29) is 16.6 Å². The smallest absolute Gasteiger partial charge is 0.241 e. The summed E-state index contributed by atoms with van der Waals surface area (Å²) >= 11 is 0. The number of benzene rings is 1. The highest BCUT2D eigenvalue weighted by Crippen LogP contribution is 2.26. The van der Waals surface area contributed by atoms with E-state index >= 15 is 0 Å². The molecule has 1 aliphatic rings. The monoisotopic (exact) mass is 272 g/mol. The van der Waals surface area contributed by atoms with Crippen LogP contribution in [0.25, 0.3) is 0 Å². The summed E-state index contributed by atoms with van der Waals surface area (Å²) in [6.45, 7) is 1.77. The minimum atomic E-state index is -3.84. The van der Waals surface area contributed by atoms with Crippen LogP contribution in [0, 0.1) is 5.92 Å². The van der Waals surface area contributed by atoms with Crippen LogP contribution >= 0.6 is 0 Å². The number of rotatable bonds is 4. The van der Waals surface area contributed by atoms with E-state index in [1.807, 2.05) is 0 Å². The average molecular weight is 272 g/mol. The first-order chi connectivity index (χ1) is 8.47. The second kappa shape index (κ2) is 5.13. The fourth-order valence-electron chi connectivity index (χ4n) is 1.79. The van der Waals surface area contributed by atoms with Crippen molar-refractivity contribution in [1.29, 1.82) is 0 Å². The van der Waals surface area contributed by atoms with Crippen LogP contribution in [-0.2, 0) is 14.8 Å². The average Bonchev–Trinajstić information content (AvgIpc) is 2.79. The predicted octanol–water partition coefficient (Wildman–Crippen LogP) is 0.332. The summed E-state index contributed by atoms with van der Waals surface area (Å²) in [5.74, 6) is 0.523. The van der Waals surface area contributed by atoms with Crippen molar-refractivity contribution in [1.82, 2.24) is 0 Å². The molecule has 1 atom stereocenters. The molecule has 6 nitrogen and oxygen atoms in total. The highest BCUT2D eigenvalue weighted by molar-refractivity contribution is 7.89. The Labute approximate surface area is 106 Å². The molecule has 0 amide bonds. The number of nitrogen functional groups attached to an aromatic ring is 1. The first-order valence-corrected chi connectivity index (χ1v) is 7.14. The highest BCUT2D eigenvalue weighted by atomic mass is 32.2. The molecule has 1 unspecified atom stereocenters. The molecule has 18 heavy (non-hydrogen) atoms. The van der Waals surface area contributed by atoms with Gasteiger partial charge >= 0.3 is 0 Å². The lowest BCUT2D eigenvalue weighted by Crippen LogP contribution is -2.17. The molecule has 1 aromatic rings. The maximum absolute atomic E-state index is 11.4. The second-order valence-corrected chi connectivity index (χ2v) is 5.82. The zero-order chi connectivity index (χ0) is 13.2. The Kier molecular flexibility index (Phi) is 3.74. The van der Waals surface area contributed by atoms with E-state index in [1.54, 1.807) is 6.07 Å². The van der Waals surface area contributed by atoms with Crippen LogP contribution < -0.4 is 15.6 Å². The van der Waals surface area contributed by atoms with Crippen LogP contribution in [0.4, 0.5) is 5.69 Å². The van der Waals surface area contributed by atoms with E-state index in [9.17, 15) is 8.42 Å². The van der Waals surface area contributed by atoms with Crippen molar-refractivity contribution in [3.05, 3.63) is 18.2 Å². The summed E-state index contributed by atoms with van der Waals surface area (Å²) in [5.41, 5.74) is 5.88. The van der Waals surface area contributed by atoms with Crippen LogP contribution in [0.5, 0.6) is 5.75 Å². The van der Waals surface area contributed by atoms with Crippen molar-refractivity contribution >= 4 is 15.7 Å². The second-order valence-electron chi connectivity index (χ2n) is 4.29. The molecule has 0 spiro atoms. The van der Waals surface area contributed by atoms with Crippen molar-refractivity contribution in [2.24, 2.45) is 11.1 Å². The van der Waals surface area contributed by atoms with Gasteiger partial charge in [0.05, 0.1) is 13.2 Å². The first-order valence-electron chi connectivity index (χ1n) is 5.59. The molecule has 0 radical (unpaired) electrons. The third-order valence-electron chi connectivity index (χ3n) is 2.77. The van der Waals surface area contributed by atoms with Gasteiger partial charge in [-0.2, -0.15) is 0 Å². The topological polar surface area (TPSA) is 105 Å². The maximum Gasteiger partial charge on any atom is 0.241 e. The molecule has 0 bridgehead atoms. The molecule has 4 N–H and O–H groups in total. The number of hydrogen-bond acceptors (Lipinski definition) is 5. The van der Waals surface area contributed by atoms with Crippen LogP contribution in [0.1, 0.15) is 6.42 Å². The van der Waals surface area contributed by atoms with Crippen LogP contribution in [0.2, 0.25) is 0 Å². The predicted molar refractivity (Wildman–Crippen MR) is 66.6 cm³/mol. The fraction of sp³-hybridized carbons (Fsp3) is 0.455. The quantitative estimate of drug-likeness (QED) is 0.769. The third kappa shape index (κ3) is 3.12. The summed E-state index contributed by atoms with van der Waals surface area (Å²) in [4.78, 5) is -0.0820. The highest BCUT2D eigenvalue weighted by Gasteiger charge is 2.19. The number of anilines is 1. The molecule has 0 aliphatic carbocycles. The van der Waals surface area contributed by atoms with E-state index in [4.69, 9.17) is 20.3 Å². The van der Waals surface area contributed by atoms with Gasteiger partial charge < -0.3 is 15.2 Å². The van der Waals surface area contributed by atoms with E-state index < -0.39 is 10.0 Å². The van der Waals surface area contributed by atoms with E-state index in [2.05, 4.69) is 0 Å². The van der Waals surface area contributed by atoms with E-state index in [0.717, 1.165) is 13.0 Å². The van der Waals surface area contributed by atoms with E-state index in [0.29, 0.717) is 18.9 Å². The molecule has 100 valence electrons. The molecular formula is C11H16N2O4S. The lowest BCUT2D eigenvalue weighted by molar-refractivity contribution is 0.166. The summed E-state index contributed by atoms with van der Waals surface area (Å²) in [7, 11) is -3.84. The van der Waals surface area contributed by atoms with Gasteiger partial charge in [0.25, 0.3) is 0 Å². The van der Waals surface area contributed by atoms with Crippen molar-refractivity contribution in [3.8, 4) is 5.75 Å². The van der Waals surface area contributed by atoms with Crippen LogP contribution in [-0.4, -0.2) is 28.2 Å². The van der Waals surface area contributed by atoms with Crippen molar-refractivity contribution in [3.63, 3.8) is 0 Å². The number of primary sulfonamides is 1. The minimum absolute atomic E-state index is 0.0820. The van der Waals surface area contributed by atoms with Crippen molar-refractivity contribution < 1.29 is 17.9 Å². The van der Waals surface area contributed by atoms with Gasteiger partial charge in [-0.05, 0) is 24.6 Å². The Morgan fingerprint density at radius 1 is 1.44 bits per heavy atom. The molecule has 1 aliphatic heterocycles. The molecule has 1 saturated heterocycles. The zero-order valence-corrected chi connectivity index (χ0v) is 10.7. The lowest BCUT2D eigenvalue weighted by Gasteiger charge is -2.13. The Bertz CT molecular complexity index is 524. The largest absolute Gasteiger partial charge is 0.492 e. The number of ether oxygens (including phenoxy) is 2. The molecule has 1 heterocycles. The Hall–Kier alpha value is -1.31. The number of sulfonamides is 1. The minimum Gasteiger partial charge on any atom is -0.492 e. The van der Waals surface area contributed by atoms with Gasteiger partial charge in [0.15, 0.2) is 0 Å². The molecular weight excluding hydrogens is 256 g/mol. The van der Waals surface area contributed by atoms with Crippen LogP contribution in [0.15, 0.2) is 23.1 Å². The summed E-state index contributed by atoms with van der Waals surface area (Å²) in [6.07, 6.45) is 0.916. The molecule has 0 saturated carbocycles. The molecule has 1 fully saturated rings. The Balaban J connectivity index is 2.16. The Morgan fingerprint density at radius 3 is 2.83 bits per heavy atom. The SMILES string of the molecule is Nc1ccc(OCC2CCOC2)c(S(N)(=O)=O)c1. The van der Waals surface area contributed by atoms with Gasteiger partial charge in [0.1, 0.15) is 10.6 Å². The van der Waals surface area contributed by atoms with Gasteiger partial charge in [-0.3, -0.25) is 0 Å². The normalized spacial score (nSPS) is 19.9. The Morgan fingerprint density at radius 2 is 2.22 bits per heavy atom. The number of nitrogens with two attached hydrogens (primary N) is 2. The van der Waals surface area contributed by atoms with Gasteiger partial charge in [-0.15, -0.1) is 0 Å². The summed E-state index contributed by atoms with van der Waals surface area (Å²) < 4.78 is 33.6. The van der Waals surface area contributed by atoms with Gasteiger partial charge in [-0.1, -0.05) is 0 Å². The van der Waals surface area contributed by atoms with Crippen molar-refractivity contribution in [2.45, 2.75) is 11.3 Å².